The summed E-state index contributed by atoms with van der Waals surface area (Å²) < 4.78 is 0. The van der Waals surface area contributed by atoms with Gasteiger partial charge in [0.15, 0.2) is 0 Å². The van der Waals surface area contributed by atoms with E-state index in [1.807, 2.05) is 0 Å². The van der Waals surface area contributed by atoms with E-state index in [1.54, 1.807) is 0 Å². The monoisotopic (exact) mass is 392 g/mol. The van der Waals surface area contributed by atoms with Gasteiger partial charge in [-0.15, -0.1) is 0 Å². The van der Waals surface area contributed by atoms with Crippen molar-refractivity contribution in [1.29, 1.82) is 0 Å². The Hall–Kier alpha value is -3.26. The predicted molar refractivity (Wildman–Crippen MR) is 127 cm³/mol. The molecule has 0 saturated carbocycles. The minimum Gasteiger partial charge on any atom is -0.356 e. The minimum atomic E-state index is 0.324. The second-order valence-corrected chi connectivity index (χ2v) is 8.08. The van der Waals surface area contributed by atoms with Gasteiger partial charge >= 0.3 is 0 Å². The molecule has 1 heterocycles. The smallest absolute Gasteiger partial charge is 0.106 e. The van der Waals surface area contributed by atoms with Crippen molar-refractivity contribution >= 4 is 5.69 Å². The van der Waals surface area contributed by atoms with Gasteiger partial charge in [0.2, 0.25) is 0 Å². The average molecular weight is 393 g/mol. The van der Waals surface area contributed by atoms with Gasteiger partial charge in [0.25, 0.3) is 0 Å². The minimum absolute atomic E-state index is 0.324. The van der Waals surface area contributed by atoms with Crippen LogP contribution >= 0.6 is 0 Å². The van der Waals surface area contributed by atoms with Crippen molar-refractivity contribution < 1.29 is 0 Å². The van der Waals surface area contributed by atoms with Crippen LogP contribution in [0, 0.1) is 0 Å². The average Bonchev–Trinajstić information content (AvgIpc) is 3.11. The number of hydrogen-bond acceptors (Lipinski definition) is 2. The summed E-state index contributed by atoms with van der Waals surface area (Å²) in [5.74, 6) is 0. The van der Waals surface area contributed by atoms with E-state index in [1.165, 1.54) is 39.3 Å². The maximum absolute atomic E-state index is 2.59. The Morgan fingerprint density at radius 3 is 1.97 bits per heavy atom. The van der Waals surface area contributed by atoms with Crippen molar-refractivity contribution in [3.63, 3.8) is 0 Å². The summed E-state index contributed by atoms with van der Waals surface area (Å²) in [7, 11) is 2.26. The van der Waals surface area contributed by atoms with Gasteiger partial charge in [-0.2, -0.15) is 0 Å². The first-order valence-electron chi connectivity index (χ1n) is 10.9. The first-order chi connectivity index (χ1) is 14.8. The van der Waals surface area contributed by atoms with Crippen molar-refractivity contribution in [3.8, 4) is 22.3 Å². The molecule has 5 rings (SSSR count). The van der Waals surface area contributed by atoms with Gasteiger partial charge in [0, 0.05) is 23.9 Å². The molecule has 1 aliphatic heterocycles. The maximum atomic E-state index is 2.59. The highest BCUT2D eigenvalue weighted by Crippen LogP contribution is 2.47. The van der Waals surface area contributed by atoms with Crippen molar-refractivity contribution in [2.75, 3.05) is 11.9 Å². The van der Waals surface area contributed by atoms with Crippen molar-refractivity contribution in [2.45, 2.75) is 32.4 Å². The van der Waals surface area contributed by atoms with Crippen molar-refractivity contribution in [2.24, 2.45) is 0 Å². The van der Waals surface area contributed by atoms with Crippen LogP contribution in [0.2, 0.25) is 0 Å². The lowest BCUT2D eigenvalue weighted by Crippen LogP contribution is -2.38. The van der Waals surface area contributed by atoms with Crippen LogP contribution in [0.25, 0.3) is 22.3 Å². The fraction of sp³-hybridized carbons (Fsp3) is 0.214. The molecule has 3 aromatic carbocycles. The maximum Gasteiger partial charge on any atom is 0.106 e. The van der Waals surface area contributed by atoms with Crippen LogP contribution in [0.4, 0.5) is 5.69 Å². The molecule has 0 N–H and O–H groups in total. The Kier molecular flexibility index (Phi) is 4.92. The molecule has 2 nitrogen and oxygen atoms in total. The predicted octanol–water partition coefficient (Wildman–Crippen LogP) is 7.07. The number of nitrogens with zero attached hydrogens (tertiary/aromatic N) is 2. The Morgan fingerprint density at radius 1 is 0.800 bits per heavy atom. The zero-order valence-corrected chi connectivity index (χ0v) is 17.8. The van der Waals surface area contributed by atoms with Gasteiger partial charge in [-0.3, -0.25) is 0 Å². The SMILES string of the molecule is CCC1N(C)C2=C(C=CCC2)N1c1c(-c2ccccc2)cccc1-c1ccccc1. The fourth-order valence-corrected chi connectivity index (χ4v) is 4.96. The highest BCUT2D eigenvalue weighted by atomic mass is 15.4. The number of benzene rings is 3. The van der Waals surface area contributed by atoms with E-state index < -0.39 is 0 Å². The zero-order valence-electron chi connectivity index (χ0n) is 17.8. The summed E-state index contributed by atoms with van der Waals surface area (Å²) in [6, 6.07) is 28.3. The quantitative estimate of drug-likeness (QED) is 0.468. The molecular weight excluding hydrogens is 364 g/mol. The second-order valence-electron chi connectivity index (χ2n) is 8.08. The fourth-order valence-electron chi connectivity index (χ4n) is 4.96. The van der Waals surface area contributed by atoms with Crippen molar-refractivity contribution in [3.05, 3.63) is 102 Å². The number of anilines is 1. The first-order valence-corrected chi connectivity index (χ1v) is 10.9. The second kappa shape index (κ2) is 7.87. The molecule has 0 spiro atoms. The van der Waals surface area contributed by atoms with E-state index in [-0.39, 0.29) is 0 Å². The molecule has 0 amide bonds. The highest BCUT2D eigenvalue weighted by Gasteiger charge is 2.37. The molecule has 0 radical (unpaired) electrons. The normalized spacial score (nSPS) is 18.1. The molecule has 0 saturated heterocycles. The molecule has 1 unspecified atom stereocenters. The molecule has 2 aliphatic rings. The largest absolute Gasteiger partial charge is 0.356 e. The lowest BCUT2D eigenvalue weighted by atomic mass is 9.94. The summed E-state index contributed by atoms with van der Waals surface area (Å²) in [5, 5.41) is 0. The van der Waals surface area contributed by atoms with E-state index >= 15 is 0 Å². The molecular formula is C28H28N2. The Balaban J connectivity index is 1.79. The zero-order chi connectivity index (χ0) is 20.5. The van der Waals surface area contributed by atoms with E-state index in [9.17, 15) is 0 Å². The third-order valence-corrected chi connectivity index (χ3v) is 6.36. The Labute approximate surface area is 179 Å². The Morgan fingerprint density at radius 2 is 1.40 bits per heavy atom. The van der Waals surface area contributed by atoms with E-state index in [4.69, 9.17) is 0 Å². The third-order valence-electron chi connectivity index (χ3n) is 6.36. The number of rotatable bonds is 4. The van der Waals surface area contributed by atoms with Crippen LogP contribution in [0.1, 0.15) is 26.2 Å². The summed E-state index contributed by atoms with van der Waals surface area (Å²) in [5.41, 5.74) is 9.23. The molecule has 30 heavy (non-hydrogen) atoms. The van der Waals surface area contributed by atoms with Crippen LogP contribution in [0.15, 0.2) is 102 Å². The van der Waals surface area contributed by atoms with Gasteiger partial charge in [-0.1, -0.05) is 91.9 Å². The summed E-state index contributed by atoms with van der Waals surface area (Å²) >= 11 is 0. The summed E-state index contributed by atoms with van der Waals surface area (Å²) in [6.45, 7) is 2.30. The van der Waals surface area contributed by atoms with Gasteiger partial charge in [-0.25, -0.2) is 0 Å². The van der Waals surface area contributed by atoms with E-state index in [0.717, 1.165) is 19.3 Å². The number of allylic oxidation sites excluding steroid dienone is 3. The van der Waals surface area contributed by atoms with Crippen LogP contribution in [-0.4, -0.2) is 18.1 Å². The molecule has 150 valence electrons. The van der Waals surface area contributed by atoms with Gasteiger partial charge in [0.05, 0.1) is 11.4 Å². The van der Waals surface area contributed by atoms with Crippen LogP contribution in [-0.2, 0) is 0 Å². The van der Waals surface area contributed by atoms with Gasteiger partial charge in [0.1, 0.15) is 6.17 Å². The topological polar surface area (TPSA) is 6.48 Å². The van der Waals surface area contributed by atoms with Gasteiger partial charge < -0.3 is 9.80 Å². The molecule has 2 heteroatoms. The highest BCUT2D eigenvalue weighted by molar-refractivity contribution is 5.93. The van der Waals surface area contributed by atoms with Gasteiger partial charge in [-0.05, 0) is 36.5 Å². The molecule has 3 aromatic rings. The molecule has 1 aliphatic carbocycles. The van der Waals surface area contributed by atoms with Crippen molar-refractivity contribution in [1.82, 2.24) is 4.90 Å². The number of para-hydroxylation sites is 1. The Bertz CT molecular complexity index is 1040. The van der Waals surface area contributed by atoms with E-state index in [2.05, 4.69) is 115 Å². The molecule has 0 fully saturated rings. The molecule has 1 atom stereocenters. The molecule has 0 aromatic heterocycles. The molecule has 0 bridgehead atoms. The van der Waals surface area contributed by atoms with E-state index in [0.29, 0.717) is 6.17 Å². The third kappa shape index (κ3) is 3.04. The van der Waals surface area contributed by atoms with Crippen LogP contribution in [0.5, 0.6) is 0 Å². The van der Waals surface area contributed by atoms with Crippen LogP contribution < -0.4 is 4.90 Å². The first kappa shape index (κ1) is 18.7. The number of hydrogen-bond donors (Lipinski definition) is 0. The lowest BCUT2D eigenvalue weighted by molar-refractivity contribution is 0.318. The van der Waals surface area contributed by atoms with Crippen LogP contribution in [0.3, 0.4) is 0 Å². The summed E-state index contributed by atoms with van der Waals surface area (Å²) in [4.78, 5) is 5.09. The summed E-state index contributed by atoms with van der Waals surface area (Å²) in [6.07, 6.45) is 8.29. The standard InChI is InChI=1S/C28H28N2/c1-3-27-29(2)25-19-10-11-20-26(25)30(27)28-23(21-13-6-4-7-14-21)17-12-18-24(28)22-15-8-5-9-16-22/h4-9,11-18,20,27H,3,10,19H2,1-2H3. The lowest BCUT2D eigenvalue weighted by Gasteiger charge is -2.34.